The molecule has 4 heteroatoms. The summed E-state index contributed by atoms with van der Waals surface area (Å²) in [6.07, 6.45) is 5.98. The Kier molecular flexibility index (Phi) is 9.79. The first kappa shape index (κ1) is 17.9. The lowest BCUT2D eigenvalue weighted by Crippen LogP contribution is -2.02. The van der Waals surface area contributed by atoms with E-state index in [0.717, 1.165) is 24.3 Å². The number of rotatable bonds is 12. The van der Waals surface area contributed by atoms with Gasteiger partial charge in [-0.05, 0) is 36.6 Å². The number of aryl methyl sites for hydroxylation is 1. The van der Waals surface area contributed by atoms with Crippen molar-refractivity contribution in [3.63, 3.8) is 0 Å². The molecule has 1 N–H and O–H groups in total. The number of hydrogen-bond donors (Lipinski definition) is 1. The van der Waals surface area contributed by atoms with Gasteiger partial charge < -0.3 is 9.84 Å². The van der Waals surface area contributed by atoms with Gasteiger partial charge in [0.25, 0.3) is 0 Å². The number of carboxylic acids is 1. The lowest BCUT2D eigenvalue weighted by atomic mass is 10.1. The molecule has 0 aliphatic carbocycles. The van der Waals surface area contributed by atoms with Gasteiger partial charge in [0, 0.05) is 5.75 Å². The second-order valence-electron chi connectivity index (χ2n) is 5.02. The summed E-state index contributed by atoms with van der Waals surface area (Å²) in [5, 5.41) is 8.55. The lowest BCUT2D eigenvalue weighted by Gasteiger charge is -2.11. The predicted octanol–water partition coefficient (Wildman–Crippen LogP) is 4.40. The highest BCUT2D eigenvalue weighted by atomic mass is 32.2. The van der Waals surface area contributed by atoms with Crippen LogP contribution in [0.3, 0.4) is 0 Å². The lowest BCUT2D eigenvalue weighted by molar-refractivity contribution is -0.136. The van der Waals surface area contributed by atoms with E-state index < -0.39 is 5.97 Å². The van der Waals surface area contributed by atoms with Crippen LogP contribution in [-0.4, -0.2) is 29.2 Å². The van der Waals surface area contributed by atoms with E-state index in [1.165, 1.54) is 24.8 Å². The number of thioether (sulfide) groups is 1. The van der Waals surface area contributed by atoms with Crippen LogP contribution in [0.5, 0.6) is 5.75 Å². The molecule has 0 atom stereocenters. The smallest absolute Gasteiger partial charge is 0.304 e. The summed E-state index contributed by atoms with van der Waals surface area (Å²) in [5.41, 5.74) is 1.30. The Hall–Kier alpha value is -1.16. The van der Waals surface area contributed by atoms with Crippen LogP contribution in [0.4, 0.5) is 0 Å². The third-order valence-electron chi connectivity index (χ3n) is 3.17. The molecule has 0 radical (unpaired) electrons. The molecule has 0 spiro atoms. The van der Waals surface area contributed by atoms with Gasteiger partial charge in [-0.3, -0.25) is 4.79 Å². The zero-order valence-electron chi connectivity index (χ0n) is 12.8. The molecule has 118 valence electrons. The molecule has 21 heavy (non-hydrogen) atoms. The molecule has 0 unspecified atom stereocenters. The summed E-state index contributed by atoms with van der Waals surface area (Å²) in [7, 11) is 0. The van der Waals surface area contributed by atoms with Gasteiger partial charge in [0.2, 0.25) is 0 Å². The van der Waals surface area contributed by atoms with E-state index in [4.69, 9.17) is 9.84 Å². The van der Waals surface area contributed by atoms with Crippen molar-refractivity contribution < 1.29 is 14.6 Å². The number of aliphatic carboxylic acids is 1. The highest BCUT2D eigenvalue weighted by Crippen LogP contribution is 2.20. The quantitative estimate of drug-likeness (QED) is 0.581. The second kappa shape index (κ2) is 11.5. The molecule has 0 aromatic heterocycles. The fourth-order valence-electron chi connectivity index (χ4n) is 2.02. The minimum atomic E-state index is -0.722. The van der Waals surface area contributed by atoms with Crippen molar-refractivity contribution in [3.05, 3.63) is 29.8 Å². The van der Waals surface area contributed by atoms with Crippen LogP contribution in [-0.2, 0) is 11.2 Å². The van der Waals surface area contributed by atoms with Crippen LogP contribution < -0.4 is 4.74 Å². The Labute approximate surface area is 132 Å². The van der Waals surface area contributed by atoms with Crippen molar-refractivity contribution in [2.24, 2.45) is 0 Å². The number of unbranched alkanes of at least 4 members (excludes halogenated alkanes) is 2. The molecule has 0 heterocycles. The molecule has 3 nitrogen and oxygen atoms in total. The van der Waals surface area contributed by atoms with Crippen molar-refractivity contribution in [3.8, 4) is 5.75 Å². The van der Waals surface area contributed by atoms with Gasteiger partial charge in [0.05, 0.1) is 13.0 Å². The van der Waals surface area contributed by atoms with Crippen LogP contribution in [0, 0.1) is 0 Å². The van der Waals surface area contributed by atoms with E-state index in [1.54, 1.807) is 11.8 Å². The third-order valence-corrected chi connectivity index (χ3v) is 4.24. The maximum Gasteiger partial charge on any atom is 0.304 e. The van der Waals surface area contributed by atoms with Crippen molar-refractivity contribution in [2.75, 3.05) is 18.1 Å². The van der Waals surface area contributed by atoms with Crippen molar-refractivity contribution in [2.45, 2.75) is 45.4 Å². The first-order valence-corrected chi connectivity index (χ1v) is 8.89. The predicted molar refractivity (Wildman–Crippen MR) is 89.4 cm³/mol. The summed E-state index contributed by atoms with van der Waals surface area (Å²) in [6, 6.07) is 8.27. The van der Waals surface area contributed by atoms with Crippen molar-refractivity contribution in [1.29, 1.82) is 0 Å². The Bertz CT molecular complexity index is 407. The topological polar surface area (TPSA) is 46.5 Å². The van der Waals surface area contributed by atoms with Crippen molar-refractivity contribution >= 4 is 17.7 Å². The molecule has 0 saturated carbocycles. The maximum atomic E-state index is 10.4. The minimum absolute atomic E-state index is 0.242. The number of carbonyl (C=O) groups is 1. The number of hydrogen-bond acceptors (Lipinski definition) is 3. The van der Waals surface area contributed by atoms with E-state index in [9.17, 15) is 4.79 Å². The molecule has 0 saturated heterocycles. The number of carboxylic acid groups (broad SMARTS) is 1. The number of para-hydroxylation sites is 1. The molecule has 1 rings (SSSR count). The molecule has 0 aliphatic rings. The van der Waals surface area contributed by atoms with Crippen LogP contribution in [0.1, 0.15) is 44.6 Å². The number of benzene rings is 1. The maximum absolute atomic E-state index is 10.4. The van der Waals surface area contributed by atoms with Crippen LogP contribution in [0.15, 0.2) is 24.3 Å². The van der Waals surface area contributed by atoms with Gasteiger partial charge in [-0.15, -0.1) is 0 Å². The average molecular weight is 310 g/mol. The zero-order valence-corrected chi connectivity index (χ0v) is 13.7. The first-order valence-electron chi connectivity index (χ1n) is 7.74. The van der Waals surface area contributed by atoms with Gasteiger partial charge in [-0.25, -0.2) is 0 Å². The van der Waals surface area contributed by atoms with Gasteiger partial charge in [-0.2, -0.15) is 11.8 Å². The minimum Gasteiger partial charge on any atom is -0.493 e. The molecule has 1 aromatic rings. The van der Waals surface area contributed by atoms with Crippen molar-refractivity contribution in [1.82, 2.24) is 0 Å². The van der Waals surface area contributed by atoms with Crippen LogP contribution in [0.25, 0.3) is 0 Å². The molecule has 1 aromatic carbocycles. The molecule has 0 fully saturated rings. The highest BCUT2D eigenvalue weighted by molar-refractivity contribution is 7.99. The van der Waals surface area contributed by atoms with E-state index in [1.807, 2.05) is 12.1 Å². The summed E-state index contributed by atoms with van der Waals surface area (Å²) < 4.78 is 5.87. The van der Waals surface area contributed by atoms with Gasteiger partial charge >= 0.3 is 5.97 Å². The summed E-state index contributed by atoms with van der Waals surface area (Å²) >= 11 is 1.68. The number of ether oxygens (including phenoxy) is 1. The molecular weight excluding hydrogens is 284 g/mol. The Morgan fingerprint density at radius 2 is 2.00 bits per heavy atom. The summed E-state index contributed by atoms with van der Waals surface area (Å²) in [6.45, 7) is 2.91. The average Bonchev–Trinajstić information content (AvgIpc) is 2.47. The Balaban J connectivity index is 2.20. The highest BCUT2D eigenvalue weighted by Gasteiger charge is 2.03. The van der Waals surface area contributed by atoms with Gasteiger partial charge in [-0.1, -0.05) is 38.0 Å². The monoisotopic (exact) mass is 310 g/mol. The molecule has 0 amide bonds. The Morgan fingerprint density at radius 1 is 1.19 bits per heavy atom. The second-order valence-corrected chi connectivity index (χ2v) is 6.25. The molecule has 0 bridgehead atoms. The molecular formula is C17H26O3S. The van der Waals surface area contributed by atoms with E-state index in [2.05, 4.69) is 19.1 Å². The van der Waals surface area contributed by atoms with E-state index in [-0.39, 0.29) is 6.42 Å². The van der Waals surface area contributed by atoms with E-state index in [0.29, 0.717) is 12.4 Å². The third kappa shape index (κ3) is 8.66. The normalized spacial score (nSPS) is 10.5. The van der Waals surface area contributed by atoms with Gasteiger partial charge in [0.1, 0.15) is 5.75 Å². The fourth-order valence-corrected chi connectivity index (χ4v) is 2.87. The first-order chi connectivity index (χ1) is 10.2. The fraction of sp³-hybridized carbons (Fsp3) is 0.588. The summed E-state index contributed by atoms with van der Waals surface area (Å²) in [5.74, 6) is 1.91. The largest absolute Gasteiger partial charge is 0.493 e. The molecule has 0 aliphatic heterocycles. The van der Waals surface area contributed by atoms with E-state index >= 15 is 0 Å². The van der Waals surface area contributed by atoms with Gasteiger partial charge in [0.15, 0.2) is 0 Å². The SMILES string of the molecule is CCCCCc1ccccc1OCCCSCCC(=O)O. The standard InChI is InChI=1S/C17H26O3S/c1-2-3-4-8-15-9-5-6-10-16(15)20-12-7-13-21-14-11-17(18)19/h5-6,9-10H,2-4,7-8,11-14H2,1H3,(H,18,19). The Morgan fingerprint density at radius 3 is 2.76 bits per heavy atom. The van der Waals surface area contributed by atoms with Crippen LogP contribution >= 0.6 is 11.8 Å². The zero-order chi connectivity index (χ0) is 15.3. The van der Waals surface area contributed by atoms with Crippen LogP contribution in [0.2, 0.25) is 0 Å². The summed E-state index contributed by atoms with van der Waals surface area (Å²) in [4.78, 5) is 10.4.